The highest BCUT2D eigenvalue weighted by Crippen LogP contribution is 2.23. The lowest BCUT2D eigenvalue weighted by Gasteiger charge is -2.16. The van der Waals surface area contributed by atoms with E-state index in [0.29, 0.717) is 30.3 Å². The molecule has 0 radical (unpaired) electrons. The van der Waals surface area contributed by atoms with E-state index >= 15 is 0 Å². The summed E-state index contributed by atoms with van der Waals surface area (Å²) >= 11 is 0. The summed E-state index contributed by atoms with van der Waals surface area (Å²) in [6.07, 6.45) is 7.47. The number of hydrogen-bond donors (Lipinski definition) is 4. The fourth-order valence-electron chi connectivity index (χ4n) is 2.90. The number of nitrogens with zero attached hydrogens (tertiary/aromatic N) is 1. The van der Waals surface area contributed by atoms with E-state index in [4.69, 9.17) is 26.0 Å². The monoisotopic (exact) mass is 384 g/mol. The minimum absolute atomic E-state index is 0.152. The maximum Gasteiger partial charge on any atom is 0.146 e. The van der Waals surface area contributed by atoms with Crippen molar-refractivity contribution in [3.8, 4) is 0 Å². The van der Waals surface area contributed by atoms with Crippen molar-refractivity contribution in [1.29, 1.82) is 5.41 Å². The number of aryl methyl sites for hydroxylation is 1. The summed E-state index contributed by atoms with van der Waals surface area (Å²) in [4.78, 5) is 4.70. The molecule has 0 fully saturated rings. The molecule has 1 aliphatic carbocycles. The first-order valence-corrected chi connectivity index (χ1v) is 9.96. The van der Waals surface area contributed by atoms with Crippen molar-refractivity contribution in [3.05, 3.63) is 52.9 Å². The Balaban J connectivity index is 2.09. The van der Waals surface area contributed by atoms with E-state index in [9.17, 15) is 0 Å². The molecule has 6 nitrogen and oxygen atoms in total. The molecule has 0 saturated carbocycles. The number of aliphatic imine (C=N–C) groups is 1. The Morgan fingerprint density at radius 1 is 1.21 bits per heavy atom. The minimum atomic E-state index is 0.152. The number of aliphatic hydroxyl groups is 1. The van der Waals surface area contributed by atoms with E-state index in [1.807, 2.05) is 13.0 Å². The molecule has 28 heavy (non-hydrogen) atoms. The second-order valence-electron chi connectivity index (χ2n) is 6.92. The molecule has 6 heteroatoms. The van der Waals surface area contributed by atoms with Crippen LogP contribution in [0.3, 0.4) is 0 Å². The Kier molecular flexibility index (Phi) is 8.91. The van der Waals surface area contributed by atoms with Crippen LogP contribution in [0.25, 0.3) is 0 Å². The SMILES string of the molecule is CCCCCOC1=CC(=Nc2ccc(CCNCCO)cc2C)C(N)=CC1=N. The maximum atomic E-state index is 8.81. The molecule has 1 aliphatic rings. The van der Waals surface area contributed by atoms with Crippen molar-refractivity contribution < 1.29 is 9.84 Å². The van der Waals surface area contributed by atoms with Gasteiger partial charge in [-0.05, 0) is 49.6 Å². The predicted octanol–water partition coefficient (Wildman–Crippen LogP) is 3.16. The van der Waals surface area contributed by atoms with Gasteiger partial charge in [0.25, 0.3) is 0 Å². The van der Waals surface area contributed by atoms with Crippen LogP contribution in [0, 0.1) is 12.3 Å². The third-order valence-electron chi connectivity index (χ3n) is 4.52. The first-order chi connectivity index (χ1) is 13.5. The standard InChI is InChI=1S/C22H32N4O2/c1-3-4-5-12-28-22-15-21(18(23)14-19(22)24)26-20-7-6-17(13-16(20)2)8-9-25-10-11-27/h6-7,13-15,24-25,27H,3-5,8-12,23H2,1-2H3. The first-order valence-electron chi connectivity index (χ1n) is 9.96. The van der Waals surface area contributed by atoms with Crippen molar-refractivity contribution in [2.24, 2.45) is 10.7 Å². The average Bonchev–Trinajstić information content (AvgIpc) is 2.67. The van der Waals surface area contributed by atoms with Gasteiger partial charge in [0.15, 0.2) is 0 Å². The van der Waals surface area contributed by atoms with Crippen LogP contribution in [0.4, 0.5) is 5.69 Å². The number of nitrogens with one attached hydrogen (secondary N) is 2. The lowest BCUT2D eigenvalue weighted by atomic mass is 10.0. The van der Waals surface area contributed by atoms with Gasteiger partial charge in [0.1, 0.15) is 5.76 Å². The second-order valence-corrected chi connectivity index (χ2v) is 6.92. The molecule has 0 atom stereocenters. The quantitative estimate of drug-likeness (QED) is 0.347. The van der Waals surface area contributed by atoms with Crippen LogP contribution >= 0.6 is 0 Å². The van der Waals surface area contributed by atoms with Gasteiger partial charge in [-0.3, -0.25) is 5.41 Å². The van der Waals surface area contributed by atoms with Gasteiger partial charge < -0.3 is 20.9 Å². The van der Waals surface area contributed by atoms with Gasteiger partial charge >= 0.3 is 0 Å². The van der Waals surface area contributed by atoms with Crippen LogP contribution in [0.5, 0.6) is 0 Å². The molecule has 0 heterocycles. The summed E-state index contributed by atoms with van der Waals surface area (Å²) in [5, 5.41) is 20.1. The van der Waals surface area contributed by atoms with Crippen LogP contribution in [0.2, 0.25) is 0 Å². The van der Waals surface area contributed by atoms with Crippen LogP contribution in [0.1, 0.15) is 37.3 Å². The molecule has 152 valence electrons. The summed E-state index contributed by atoms with van der Waals surface area (Å²) < 4.78 is 5.76. The Bertz CT molecular complexity index is 766. The summed E-state index contributed by atoms with van der Waals surface area (Å²) in [7, 11) is 0. The van der Waals surface area contributed by atoms with Crippen LogP contribution in [-0.2, 0) is 11.2 Å². The summed E-state index contributed by atoms with van der Waals surface area (Å²) in [5.41, 5.74) is 10.6. The number of hydrogen-bond acceptors (Lipinski definition) is 6. The van der Waals surface area contributed by atoms with Gasteiger partial charge in [-0.25, -0.2) is 4.99 Å². The number of unbranched alkanes of at least 4 members (excludes halogenated alkanes) is 2. The summed E-state index contributed by atoms with van der Waals surface area (Å²) in [5.74, 6) is 0.522. The van der Waals surface area contributed by atoms with Crippen molar-refractivity contribution in [2.45, 2.75) is 39.5 Å². The number of nitrogens with two attached hydrogens (primary N) is 1. The fraction of sp³-hybridized carbons (Fsp3) is 0.455. The van der Waals surface area contributed by atoms with Crippen LogP contribution in [-0.4, -0.2) is 42.8 Å². The molecule has 0 amide bonds. The number of ether oxygens (including phenoxy) is 1. The van der Waals surface area contributed by atoms with Crippen molar-refractivity contribution in [3.63, 3.8) is 0 Å². The topological polar surface area (TPSA) is 104 Å². The first kappa shape index (κ1) is 21.9. The van der Waals surface area contributed by atoms with E-state index in [-0.39, 0.29) is 12.3 Å². The maximum absolute atomic E-state index is 8.81. The molecular formula is C22H32N4O2. The van der Waals surface area contributed by atoms with Crippen LogP contribution in [0.15, 0.2) is 46.8 Å². The lowest BCUT2D eigenvalue weighted by molar-refractivity contribution is 0.224. The number of allylic oxidation sites excluding steroid dienone is 2. The zero-order valence-corrected chi connectivity index (χ0v) is 16.9. The van der Waals surface area contributed by atoms with Gasteiger partial charge in [-0.2, -0.15) is 0 Å². The van der Waals surface area contributed by atoms with E-state index in [1.54, 1.807) is 12.2 Å². The smallest absolute Gasteiger partial charge is 0.146 e. The molecular weight excluding hydrogens is 352 g/mol. The summed E-state index contributed by atoms with van der Waals surface area (Å²) in [6, 6.07) is 6.17. The van der Waals surface area contributed by atoms with Gasteiger partial charge in [0.05, 0.1) is 36.0 Å². The number of aliphatic hydroxyl groups excluding tert-OH is 1. The molecule has 0 saturated heterocycles. The van der Waals surface area contributed by atoms with E-state index in [1.165, 1.54) is 5.56 Å². The Morgan fingerprint density at radius 3 is 2.75 bits per heavy atom. The molecule has 1 aromatic carbocycles. The normalized spacial score (nSPS) is 15.5. The van der Waals surface area contributed by atoms with E-state index in [0.717, 1.165) is 43.5 Å². The molecule has 5 N–H and O–H groups in total. The molecule has 0 aliphatic heterocycles. The highest BCUT2D eigenvalue weighted by atomic mass is 16.5. The Labute approximate surface area is 167 Å². The minimum Gasteiger partial charge on any atom is -0.491 e. The highest BCUT2D eigenvalue weighted by Gasteiger charge is 2.16. The van der Waals surface area contributed by atoms with E-state index in [2.05, 4.69) is 24.4 Å². The average molecular weight is 385 g/mol. The summed E-state index contributed by atoms with van der Waals surface area (Å²) in [6.45, 7) is 6.37. The second kappa shape index (κ2) is 11.4. The fourth-order valence-corrected chi connectivity index (χ4v) is 2.90. The zero-order chi connectivity index (χ0) is 20.4. The highest BCUT2D eigenvalue weighted by molar-refractivity contribution is 6.22. The van der Waals surface area contributed by atoms with Crippen LogP contribution < -0.4 is 11.1 Å². The predicted molar refractivity (Wildman–Crippen MR) is 115 cm³/mol. The molecule has 2 rings (SSSR count). The Morgan fingerprint density at radius 2 is 2.04 bits per heavy atom. The third kappa shape index (κ3) is 6.62. The molecule has 1 aromatic rings. The third-order valence-corrected chi connectivity index (χ3v) is 4.52. The Hall–Kier alpha value is -2.44. The van der Waals surface area contributed by atoms with E-state index < -0.39 is 0 Å². The van der Waals surface area contributed by atoms with Gasteiger partial charge in [-0.15, -0.1) is 0 Å². The van der Waals surface area contributed by atoms with Crippen molar-refractivity contribution in [2.75, 3.05) is 26.3 Å². The molecule has 0 aromatic heterocycles. The van der Waals surface area contributed by atoms with Gasteiger partial charge in [0, 0.05) is 12.6 Å². The molecule has 0 spiro atoms. The lowest BCUT2D eigenvalue weighted by Crippen LogP contribution is -2.20. The van der Waals surface area contributed by atoms with Gasteiger partial charge in [-0.1, -0.05) is 31.9 Å². The van der Waals surface area contributed by atoms with Crippen molar-refractivity contribution in [1.82, 2.24) is 5.32 Å². The number of rotatable bonds is 11. The largest absolute Gasteiger partial charge is 0.491 e. The van der Waals surface area contributed by atoms with Gasteiger partial charge in [0.2, 0.25) is 0 Å². The van der Waals surface area contributed by atoms with Crippen molar-refractivity contribution >= 4 is 17.1 Å². The molecule has 0 unspecified atom stereocenters. The number of benzene rings is 1. The molecule has 0 bridgehead atoms. The zero-order valence-electron chi connectivity index (χ0n) is 16.9.